The zero-order valence-electron chi connectivity index (χ0n) is 11.6. The molecule has 0 heterocycles. The molecule has 0 radical (unpaired) electrons. The molecule has 0 aromatic heterocycles. The molecule has 0 N–H and O–H groups in total. The topological polar surface area (TPSA) is 27.7 Å². The summed E-state index contributed by atoms with van der Waals surface area (Å²) in [6.07, 6.45) is 0. The molecule has 2 rings (SSSR count). The van der Waals surface area contributed by atoms with Gasteiger partial charge in [-0.25, -0.2) is 0 Å². The molecule has 3 nitrogen and oxygen atoms in total. The van der Waals surface area contributed by atoms with Gasteiger partial charge >= 0.3 is 0 Å². The van der Waals surface area contributed by atoms with E-state index in [1.54, 1.807) is 13.2 Å². The highest BCUT2D eigenvalue weighted by molar-refractivity contribution is 6.32. The highest BCUT2D eigenvalue weighted by Gasteiger charge is 2.03. The number of hydrogen-bond donors (Lipinski definition) is 0. The van der Waals surface area contributed by atoms with Crippen LogP contribution in [0.5, 0.6) is 17.2 Å². The lowest BCUT2D eigenvalue weighted by Gasteiger charge is -2.10. The van der Waals surface area contributed by atoms with Crippen molar-refractivity contribution in [3.05, 3.63) is 53.1 Å². The molecule has 21 heavy (non-hydrogen) atoms. The summed E-state index contributed by atoms with van der Waals surface area (Å²) >= 11 is 11.8. The van der Waals surface area contributed by atoms with Gasteiger partial charge in [-0.15, -0.1) is 11.6 Å². The van der Waals surface area contributed by atoms with Gasteiger partial charge in [0.25, 0.3) is 0 Å². The quantitative estimate of drug-likeness (QED) is 0.552. The van der Waals surface area contributed by atoms with Crippen molar-refractivity contribution < 1.29 is 14.2 Å². The van der Waals surface area contributed by atoms with Crippen LogP contribution in [-0.2, 0) is 5.88 Å². The molecule has 2 aromatic rings. The van der Waals surface area contributed by atoms with Crippen LogP contribution in [0.25, 0.3) is 0 Å². The second-order valence-electron chi connectivity index (χ2n) is 4.27. The Morgan fingerprint density at radius 2 is 1.57 bits per heavy atom. The van der Waals surface area contributed by atoms with E-state index in [4.69, 9.17) is 37.4 Å². The van der Waals surface area contributed by atoms with E-state index in [2.05, 4.69) is 0 Å². The first kappa shape index (κ1) is 15.8. The highest BCUT2D eigenvalue weighted by atomic mass is 35.5. The summed E-state index contributed by atoms with van der Waals surface area (Å²) in [7, 11) is 1.63. The van der Waals surface area contributed by atoms with E-state index in [1.165, 1.54) is 0 Å². The van der Waals surface area contributed by atoms with Gasteiger partial charge in [0.05, 0.1) is 12.1 Å². The molecular formula is C16H16Cl2O3. The van der Waals surface area contributed by atoms with Crippen molar-refractivity contribution in [2.75, 3.05) is 20.3 Å². The van der Waals surface area contributed by atoms with Crippen LogP contribution in [0.15, 0.2) is 42.5 Å². The largest absolute Gasteiger partial charge is 0.497 e. The monoisotopic (exact) mass is 326 g/mol. The second kappa shape index (κ2) is 8.01. The van der Waals surface area contributed by atoms with E-state index >= 15 is 0 Å². The lowest BCUT2D eigenvalue weighted by atomic mass is 10.2. The molecule has 0 saturated heterocycles. The van der Waals surface area contributed by atoms with Crippen LogP contribution >= 0.6 is 23.2 Å². The van der Waals surface area contributed by atoms with Crippen LogP contribution in [0.3, 0.4) is 0 Å². The van der Waals surface area contributed by atoms with Gasteiger partial charge in [0.1, 0.15) is 30.5 Å². The average molecular weight is 327 g/mol. The minimum atomic E-state index is 0.409. The minimum absolute atomic E-state index is 0.409. The Kier molecular flexibility index (Phi) is 6.03. The fourth-order valence-corrected chi connectivity index (χ4v) is 2.15. The Balaban J connectivity index is 1.78. The number of alkyl halides is 1. The highest BCUT2D eigenvalue weighted by Crippen LogP contribution is 2.26. The van der Waals surface area contributed by atoms with E-state index < -0.39 is 0 Å². The Hall–Kier alpha value is -1.58. The minimum Gasteiger partial charge on any atom is -0.497 e. The third-order valence-electron chi connectivity index (χ3n) is 2.82. The normalized spacial score (nSPS) is 10.2. The van der Waals surface area contributed by atoms with Crippen molar-refractivity contribution in [1.82, 2.24) is 0 Å². The standard InChI is InChI=1S/C16H16Cl2O3/c1-19-13-3-5-14(6-4-13)20-8-9-21-16-7-2-12(11-17)10-15(16)18/h2-7,10H,8-9,11H2,1H3. The molecule has 0 spiro atoms. The van der Waals surface area contributed by atoms with Crippen molar-refractivity contribution in [3.63, 3.8) is 0 Å². The molecule has 112 valence electrons. The molecule has 0 atom stereocenters. The number of halogens is 2. The van der Waals surface area contributed by atoms with Gasteiger partial charge in [-0.1, -0.05) is 17.7 Å². The zero-order chi connectivity index (χ0) is 15.1. The van der Waals surface area contributed by atoms with Crippen molar-refractivity contribution in [3.8, 4) is 17.2 Å². The zero-order valence-corrected chi connectivity index (χ0v) is 13.2. The maximum atomic E-state index is 6.10. The van der Waals surface area contributed by atoms with Crippen LogP contribution < -0.4 is 14.2 Å². The van der Waals surface area contributed by atoms with Crippen LogP contribution in [0, 0.1) is 0 Å². The van der Waals surface area contributed by atoms with Gasteiger partial charge in [0, 0.05) is 5.88 Å². The Morgan fingerprint density at radius 1 is 0.905 bits per heavy atom. The summed E-state index contributed by atoms with van der Waals surface area (Å²) in [5.41, 5.74) is 0.962. The number of ether oxygens (including phenoxy) is 3. The average Bonchev–Trinajstić information content (AvgIpc) is 2.53. The molecule has 0 bridgehead atoms. The van der Waals surface area contributed by atoms with Gasteiger partial charge in [-0.05, 0) is 42.0 Å². The molecule has 0 amide bonds. The van der Waals surface area contributed by atoms with E-state index in [1.807, 2.05) is 36.4 Å². The summed E-state index contributed by atoms with van der Waals surface area (Å²) in [6, 6.07) is 12.9. The summed E-state index contributed by atoms with van der Waals surface area (Å²) < 4.78 is 16.2. The predicted molar refractivity (Wildman–Crippen MR) is 85.0 cm³/mol. The molecule has 0 aliphatic rings. The lowest BCUT2D eigenvalue weighted by molar-refractivity contribution is 0.217. The van der Waals surface area contributed by atoms with Crippen molar-refractivity contribution in [1.29, 1.82) is 0 Å². The number of hydrogen-bond acceptors (Lipinski definition) is 3. The van der Waals surface area contributed by atoms with E-state index in [0.717, 1.165) is 17.1 Å². The van der Waals surface area contributed by atoms with Gasteiger partial charge < -0.3 is 14.2 Å². The van der Waals surface area contributed by atoms with Crippen molar-refractivity contribution >= 4 is 23.2 Å². The Labute approximate surface area is 134 Å². The molecule has 0 fully saturated rings. The van der Waals surface area contributed by atoms with Crippen molar-refractivity contribution in [2.45, 2.75) is 5.88 Å². The number of benzene rings is 2. The number of rotatable bonds is 7. The first-order valence-electron chi connectivity index (χ1n) is 6.47. The van der Waals surface area contributed by atoms with Crippen LogP contribution in [-0.4, -0.2) is 20.3 Å². The summed E-state index contributed by atoms with van der Waals surface area (Å²) in [4.78, 5) is 0. The van der Waals surface area contributed by atoms with E-state index in [9.17, 15) is 0 Å². The predicted octanol–water partition coefficient (Wildman–Crippen LogP) is 4.55. The molecule has 2 aromatic carbocycles. The lowest BCUT2D eigenvalue weighted by Crippen LogP contribution is -2.09. The van der Waals surface area contributed by atoms with E-state index in [0.29, 0.717) is 29.9 Å². The van der Waals surface area contributed by atoms with Gasteiger partial charge in [-0.2, -0.15) is 0 Å². The molecule has 0 aliphatic carbocycles. The first-order chi connectivity index (χ1) is 10.2. The molecule has 0 aliphatic heterocycles. The smallest absolute Gasteiger partial charge is 0.138 e. The molecule has 0 saturated carbocycles. The van der Waals surface area contributed by atoms with Crippen LogP contribution in [0.1, 0.15) is 5.56 Å². The maximum Gasteiger partial charge on any atom is 0.138 e. The molecular weight excluding hydrogens is 311 g/mol. The second-order valence-corrected chi connectivity index (χ2v) is 4.95. The van der Waals surface area contributed by atoms with Gasteiger partial charge in [-0.3, -0.25) is 0 Å². The van der Waals surface area contributed by atoms with E-state index in [-0.39, 0.29) is 0 Å². The third-order valence-corrected chi connectivity index (χ3v) is 3.42. The molecule has 0 unspecified atom stereocenters. The van der Waals surface area contributed by atoms with Gasteiger partial charge in [0.2, 0.25) is 0 Å². The molecule has 5 heteroatoms. The third kappa shape index (κ3) is 4.73. The SMILES string of the molecule is COc1ccc(OCCOc2ccc(CCl)cc2Cl)cc1. The fraction of sp³-hybridized carbons (Fsp3) is 0.250. The summed E-state index contributed by atoms with van der Waals surface area (Å²) in [5, 5.41) is 0.553. The first-order valence-corrected chi connectivity index (χ1v) is 7.38. The summed E-state index contributed by atoms with van der Waals surface area (Å²) in [5.74, 6) is 2.62. The fourth-order valence-electron chi connectivity index (χ4n) is 1.73. The Bertz CT molecular complexity index is 570. The number of methoxy groups -OCH3 is 1. The Morgan fingerprint density at radius 3 is 2.19 bits per heavy atom. The van der Waals surface area contributed by atoms with Crippen LogP contribution in [0.2, 0.25) is 5.02 Å². The van der Waals surface area contributed by atoms with Crippen LogP contribution in [0.4, 0.5) is 0 Å². The van der Waals surface area contributed by atoms with Crippen molar-refractivity contribution in [2.24, 2.45) is 0 Å². The van der Waals surface area contributed by atoms with Gasteiger partial charge in [0.15, 0.2) is 0 Å². The maximum absolute atomic E-state index is 6.10. The summed E-state index contributed by atoms with van der Waals surface area (Å²) in [6.45, 7) is 0.839.